The minimum atomic E-state index is 0.219. The molecule has 1 aliphatic rings. The van der Waals surface area contributed by atoms with E-state index in [4.69, 9.17) is 9.26 Å². The van der Waals surface area contributed by atoms with Crippen molar-refractivity contribution in [1.82, 2.24) is 10.1 Å². The lowest BCUT2D eigenvalue weighted by Crippen LogP contribution is -2.37. The maximum Gasteiger partial charge on any atom is 0.151 e. The number of nitrogens with zero attached hydrogens (tertiary/aromatic N) is 2. The predicted molar refractivity (Wildman–Crippen MR) is 86.8 cm³/mol. The first-order valence-corrected chi connectivity index (χ1v) is 7.83. The van der Waals surface area contributed by atoms with E-state index in [1.165, 1.54) is 6.42 Å². The van der Waals surface area contributed by atoms with Crippen molar-refractivity contribution in [2.24, 2.45) is 5.92 Å². The Morgan fingerprint density at radius 3 is 2.82 bits per heavy atom. The van der Waals surface area contributed by atoms with E-state index in [-0.39, 0.29) is 5.54 Å². The summed E-state index contributed by atoms with van der Waals surface area (Å²) in [6.07, 6.45) is 1.22. The Labute approximate surface area is 132 Å². The second-order valence-electron chi connectivity index (χ2n) is 6.88. The second-order valence-corrected chi connectivity index (χ2v) is 6.88. The Hall–Kier alpha value is -1.81. The van der Waals surface area contributed by atoms with Gasteiger partial charge in [0.25, 0.3) is 0 Å². The number of hydrogen-bond acceptors (Lipinski definition) is 4. The fourth-order valence-electron chi connectivity index (χ4n) is 3.51. The van der Waals surface area contributed by atoms with Crippen LogP contribution in [-0.4, -0.2) is 29.3 Å². The van der Waals surface area contributed by atoms with Crippen molar-refractivity contribution >= 4 is 0 Å². The molecule has 0 radical (unpaired) electrons. The third-order valence-electron chi connectivity index (χ3n) is 4.52. The van der Waals surface area contributed by atoms with E-state index < -0.39 is 0 Å². The highest BCUT2D eigenvalue weighted by Crippen LogP contribution is 2.34. The van der Waals surface area contributed by atoms with Crippen molar-refractivity contribution < 1.29 is 9.26 Å². The van der Waals surface area contributed by atoms with Gasteiger partial charge in [0, 0.05) is 23.7 Å². The first-order chi connectivity index (χ1) is 10.5. The molecule has 2 aromatic rings. The molecule has 1 unspecified atom stereocenters. The number of rotatable bonds is 4. The van der Waals surface area contributed by atoms with Gasteiger partial charge < -0.3 is 9.26 Å². The zero-order valence-electron chi connectivity index (χ0n) is 13.8. The van der Waals surface area contributed by atoms with E-state index in [9.17, 15) is 0 Å². The molecule has 0 aliphatic carbocycles. The average Bonchev–Trinajstić information content (AvgIpc) is 3.03. The molecule has 4 heteroatoms. The van der Waals surface area contributed by atoms with Gasteiger partial charge in [-0.1, -0.05) is 24.2 Å². The van der Waals surface area contributed by atoms with Gasteiger partial charge in [-0.25, -0.2) is 0 Å². The third kappa shape index (κ3) is 2.88. The van der Waals surface area contributed by atoms with Gasteiger partial charge in [0.1, 0.15) is 11.4 Å². The lowest BCUT2D eigenvalue weighted by atomic mass is 9.97. The van der Waals surface area contributed by atoms with E-state index in [0.717, 1.165) is 41.8 Å². The highest BCUT2D eigenvalue weighted by atomic mass is 16.5. The maximum atomic E-state index is 5.56. The van der Waals surface area contributed by atoms with Gasteiger partial charge >= 0.3 is 0 Å². The predicted octanol–water partition coefficient (Wildman–Crippen LogP) is 3.97. The molecule has 0 saturated carbocycles. The van der Waals surface area contributed by atoms with Gasteiger partial charge in [0.05, 0.1) is 13.7 Å². The molecule has 1 aromatic heterocycles. The van der Waals surface area contributed by atoms with Crippen LogP contribution < -0.4 is 4.74 Å². The molecular weight excluding hydrogens is 276 g/mol. The van der Waals surface area contributed by atoms with Crippen molar-refractivity contribution in [1.29, 1.82) is 0 Å². The van der Waals surface area contributed by atoms with Crippen molar-refractivity contribution in [2.45, 2.75) is 39.3 Å². The molecule has 1 atom stereocenters. The van der Waals surface area contributed by atoms with Crippen LogP contribution in [0.1, 0.15) is 33.0 Å². The topological polar surface area (TPSA) is 38.5 Å². The molecule has 4 nitrogen and oxygen atoms in total. The van der Waals surface area contributed by atoms with Gasteiger partial charge in [0.2, 0.25) is 0 Å². The van der Waals surface area contributed by atoms with E-state index in [0.29, 0.717) is 0 Å². The van der Waals surface area contributed by atoms with Crippen LogP contribution in [0.25, 0.3) is 11.3 Å². The first kappa shape index (κ1) is 15.1. The van der Waals surface area contributed by atoms with Gasteiger partial charge in [-0.2, -0.15) is 0 Å². The number of methoxy groups -OCH3 is 1. The van der Waals surface area contributed by atoms with Crippen LogP contribution in [0.3, 0.4) is 0 Å². The summed E-state index contributed by atoms with van der Waals surface area (Å²) in [4.78, 5) is 2.48. The minimum absolute atomic E-state index is 0.219. The molecule has 0 N–H and O–H groups in total. The molecule has 3 rings (SSSR count). The van der Waals surface area contributed by atoms with Crippen LogP contribution >= 0.6 is 0 Å². The summed E-state index contributed by atoms with van der Waals surface area (Å²) in [5, 5.41) is 4.22. The molecule has 2 heterocycles. The molecule has 22 heavy (non-hydrogen) atoms. The molecule has 0 amide bonds. The Balaban J connectivity index is 1.80. The third-order valence-corrected chi connectivity index (χ3v) is 4.52. The monoisotopic (exact) mass is 300 g/mol. The number of hydrogen-bond donors (Lipinski definition) is 0. The molecular formula is C18H24N2O2. The maximum absolute atomic E-state index is 5.56. The SMILES string of the molecule is COc1ccccc1-c1cc(CN2CC(C)CC2(C)C)on1. The molecule has 0 spiro atoms. The lowest BCUT2D eigenvalue weighted by Gasteiger charge is -2.30. The second kappa shape index (κ2) is 5.76. The highest BCUT2D eigenvalue weighted by Gasteiger charge is 2.36. The molecule has 1 fully saturated rings. The molecule has 1 aromatic carbocycles. The van der Waals surface area contributed by atoms with E-state index in [2.05, 4.69) is 30.8 Å². The van der Waals surface area contributed by atoms with Gasteiger partial charge in [-0.3, -0.25) is 4.90 Å². The van der Waals surface area contributed by atoms with Crippen molar-refractivity contribution in [3.63, 3.8) is 0 Å². The molecule has 1 saturated heterocycles. The van der Waals surface area contributed by atoms with Crippen molar-refractivity contribution in [3.05, 3.63) is 36.1 Å². The Morgan fingerprint density at radius 2 is 2.14 bits per heavy atom. The largest absolute Gasteiger partial charge is 0.496 e. The first-order valence-electron chi connectivity index (χ1n) is 7.83. The van der Waals surface area contributed by atoms with Crippen LogP contribution in [0.2, 0.25) is 0 Å². The quantitative estimate of drug-likeness (QED) is 0.856. The van der Waals surface area contributed by atoms with Gasteiger partial charge in [0.15, 0.2) is 5.76 Å². The summed E-state index contributed by atoms with van der Waals surface area (Å²) >= 11 is 0. The van der Waals surface area contributed by atoms with Crippen molar-refractivity contribution in [2.75, 3.05) is 13.7 Å². The fourth-order valence-corrected chi connectivity index (χ4v) is 3.51. The minimum Gasteiger partial charge on any atom is -0.496 e. The number of aromatic nitrogens is 1. The van der Waals surface area contributed by atoms with Crippen LogP contribution in [0.4, 0.5) is 0 Å². The molecule has 0 bridgehead atoms. The summed E-state index contributed by atoms with van der Waals surface area (Å²) in [7, 11) is 1.67. The highest BCUT2D eigenvalue weighted by molar-refractivity contribution is 5.66. The number of likely N-dealkylation sites (tertiary alicyclic amines) is 1. The van der Waals surface area contributed by atoms with Crippen LogP contribution in [0.15, 0.2) is 34.9 Å². The van der Waals surface area contributed by atoms with E-state index >= 15 is 0 Å². The standard InChI is InChI=1S/C18H24N2O2/c1-13-10-18(2,3)20(11-13)12-14-9-16(19-22-14)15-7-5-6-8-17(15)21-4/h5-9,13H,10-12H2,1-4H3. The summed E-state index contributed by atoms with van der Waals surface area (Å²) in [5.74, 6) is 2.45. The fraction of sp³-hybridized carbons (Fsp3) is 0.500. The van der Waals surface area contributed by atoms with Crippen molar-refractivity contribution in [3.8, 4) is 17.0 Å². The number of ether oxygens (including phenoxy) is 1. The Bertz CT molecular complexity index is 648. The number of benzene rings is 1. The Morgan fingerprint density at radius 1 is 1.36 bits per heavy atom. The average molecular weight is 300 g/mol. The zero-order valence-corrected chi connectivity index (χ0v) is 13.8. The normalized spacial score (nSPS) is 21.2. The lowest BCUT2D eigenvalue weighted by molar-refractivity contribution is 0.149. The summed E-state index contributed by atoms with van der Waals surface area (Å²) < 4.78 is 11.0. The van der Waals surface area contributed by atoms with E-state index in [1.54, 1.807) is 7.11 Å². The smallest absolute Gasteiger partial charge is 0.151 e. The van der Waals surface area contributed by atoms with Gasteiger partial charge in [-0.15, -0.1) is 0 Å². The molecule has 1 aliphatic heterocycles. The summed E-state index contributed by atoms with van der Waals surface area (Å²) in [6, 6.07) is 9.91. The van der Waals surface area contributed by atoms with Crippen LogP contribution in [0.5, 0.6) is 5.75 Å². The summed E-state index contributed by atoms with van der Waals surface area (Å²) in [6.45, 7) is 8.82. The van der Waals surface area contributed by atoms with E-state index in [1.807, 2.05) is 30.3 Å². The number of para-hydroxylation sites is 1. The summed E-state index contributed by atoms with van der Waals surface area (Å²) in [5.41, 5.74) is 2.02. The van der Waals surface area contributed by atoms with Gasteiger partial charge in [-0.05, 0) is 38.3 Å². The zero-order chi connectivity index (χ0) is 15.7. The Kier molecular flexibility index (Phi) is 3.96. The molecule has 118 valence electrons. The van der Waals surface area contributed by atoms with Crippen LogP contribution in [0, 0.1) is 5.92 Å². The van der Waals surface area contributed by atoms with Crippen LogP contribution in [-0.2, 0) is 6.54 Å².